The van der Waals surface area contributed by atoms with E-state index in [2.05, 4.69) is 34.6 Å². The van der Waals surface area contributed by atoms with Gasteiger partial charge in [-0.25, -0.2) is 13.1 Å². The molecule has 2 fully saturated rings. The van der Waals surface area contributed by atoms with Crippen LogP contribution in [0.1, 0.15) is 81.0 Å². The van der Waals surface area contributed by atoms with E-state index in [0.717, 1.165) is 25.3 Å². The minimum Gasteiger partial charge on any atom is -0.294 e. The fourth-order valence-electron chi connectivity index (χ4n) is 6.51. The second kappa shape index (κ2) is 9.91. The molecule has 2 aromatic rings. The Labute approximate surface area is 224 Å². The first kappa shape index (κ1) is 28.0. The number of carbonyl (C=O) groups is 2. The summed E-state index contributed by atoms with van der Waals surface area (Å²) in [4.78, 5) is 36.1. The molecule has 4 atom stereocenters. The normalized spacial score (nSPS) is 26.1. The van der Waals surface area contributed by atoms with Crippen LogP contribution in [0.15, 0.2) is 53.4 Å². The highest BCUT2D eigenvalue weighted by Gasteiger charge is 2.52. The van der Waals surface area contributed by atoms with Gasteiger partial charge in [0.25, 0.3) is 21.6 Å². The van der Waals surface area contributed by atoms with Gasteiger partial charge in [-0.2, -0.15) is 0 Å². The summed E-state index contributed by atoms with van der Waals surface area (Å²) in [7, 11) is -4.32. The second-order valence-corrected chi connectivity index (χ2v) is 14.1. The number of nitrogens with one attached hydrogen (secondary N) is 1. The number of rotatable bonds is 6. The zero-order chi connectivity index (χ0) is 28.0. The Morgan fingerprint density at radius 1 is 0.921 bits per heavy atom. The minimum atomic E-state index is -4.32. The number of nitrogens with zero attached hydrogens (tertiary/aromatic N) is 1. The van der Waals surface area contributed by atoms with Crippen molar-refractivity contribution in [2.45, 2.75) is 65.2 Å². The third-order valence-corrected chi connectivity index (χ3v) is 10.4. The zero-order valence-electron chi connectivity index (χ0n) is 22.6. The number of Topliss-reactive ketones (excluding diaryl/α,β-unsaturated/α-hetero) is 1. The summed E-state index contributed by atoms with van der Waals surface area (Å²) in [5, 5.41) is 11.0. The van der Waals surface area contributed by atoms with E-state index in [1.54, 1.807) is 12.1 Å². The van der Waals surface area contributed by atoms with Gasteiger partial charge < -0.3 is 0 Å². The number of non-ortho nitro benzene ring substituents is 1. The van der Waals surface area contributed by atoms with Crippen molar-refractivity contribution < 1.29 is 22.9 Å². The smallest absolute Gasteiger partial charge is 0.270 e. The van der Waals surface area contributed by atoms with E-state index in [0.29, 0.717) is 17.4 Å². The van der Waals surface area contributed by atoms with Crippen LogP contribution in [0.3, 0.4) is 0 Å². The first-order valence-electron chi connectivity index (χ1n) is 13.1. The van der Waals surface area contributed by atoms with Crippen LogP contribution in [0, 0.1) is 44.6 Å². The minimum absolute atomic E-state index is 0.0614. The molecule has 204 valence electrons. The molecule has 0 aliphatic heterocycles. The quantitative estimate of drug-likeness (QED) is 0.271. The predicted octanol–water partition coefficient (Wildman–Crippen LogP) is 6.02. The van der Waals surface area contributed by atoms with Crippen molar-refractivity contribution in [3.05, 3.63) is 69.8 Å². The number of fused-ring (bicyclic) bond motifs is 1. The second-order valence-electron chi connectivity index (χ2n) is 12.4. The topological polar surface area (TPSA) is 123 Å². The van der Waals surface area contributed by atoms with E-state index in [9.17, 15) is 28.1 Å². The van der Waals surface area contributed by atoms with Crippen LogP contribution in [0.5, 0.6) is 0 Å². The van der Waals surface area contributed by atoms with E-state index in [4.69, 9.17) is 0 Å². The lowest BCUT2D eigenvalue weighted by molar-refractivity contribution is -0.385. The van der Waals surface area contributed by atoms with Gasteiger partial charge in [0.2, 0.25) is 0 Å². The average molecular weight is 541 g/mol. The zero-order valence-corrected chi connectivity index (χ0v) is 23.4. The van der Waals surface area contributed by atoms with Crippen molar-refractivity contribution in [2.24, 2.45) is 34.5 Å². The predicted molar refractivity (Wildman–Crippen MR) is 144 cm³/mol. The number of nitro groups is 1. The molecule has 4 unspecified atom stereocenters. The molecule has 0 saturated heterocycles. The summed E-state index contributed by atoms with van der Waals surface area (Å²) in [5.74, 6) is 0.394. The van der Waals surface area contributed by atoms with Gasteiger partial charge in [0, 0.05) is 29.2 Å². The van der Waals surface area contributed by atoms with Crippen LogP contribution in [-0.2, 0) is 10.0 Å². The van der Waals surface area contributed by atoms with Gasteiger partial charge in [-0.15, -0.1) is 0 Å². The molecule has 0 radical (unpaired) electrons. The number of ketones is 1. The molecule has 0 spiro atoms. The SMILES string of the molecule is CC1CC2C(CC1C(=O)c1ccc(C(=O)NS(=O)(=O)c3cccc([N+](=O)[O-])c3)cc1)C(C)(C)CCC2(C)C. The maximum Gasteiger partial charge on any atom is 0.270 e. The lowest BCUT2D eigenvalue weighted by Crippen LogP contribution is -2.50. The molecular formula is C29H36N2O6S. The maximum atomic E-state index is 13.6. The number of hydrogen-bond donors (Lipinski definition) is 1. The largest absolute Gasteiger partial charge is 0.294 e. The first-order valence-corrected chi connectivity index (χ1v) is 14.6. The van der Waals surface area contributed by atoms with Crippen molar-refractivity contribution in [3.63, 3.8) is 0 Å². The molecule has 8 nitrogen and oxygen atoms in total. The molecule has 0 aromatic heterocycles. The van der Waals surface area contributed by atoms with E-state index < -0.39 is 26.5 Å². The van der Waals surface area contributed by atoms with Gasteiger partial charge in [-0.1, -0.05) is 52.8 Å². The van der Waals surface area contributed by atoms with Gasteiger partial charge >= 0.3 is 0 Å². The highest BCUT2D eigenvalue weighted by atomic mass is 32.2. The van der Waals surface area contributed by atoms with E-state index in [1.165, 1.54) is 36.8 Å². The summed E-state index contributed by atoms with van der Waals surface area (Å²) in [6, 6.07) is 10.5. The molecule has 2 saturated carbocycles. The molecule has 1 N–H and O–H groups in total. The van der Waals surface area contributed by atoms with Crippen molar-refractivity contribution >= 4 is 27.4 Å². The number of hydrogen-bond acceptors (Lipinski definition) is 6. The van der Waals surface area contributed by atoms with Gasteiger partial charge in [0.1, 0.15) is 0 Å². The summed E-state index contributed by atoms with van der Waals surface area (Å²) >= 11 is 0. The average Bonchev–Trinajstić information content (AvgIpc) is 2.86. The first-order chi connectivity index (χ1) is 17.6. The third kappa shape index (κ3) is 5.39. The molecule has 2 aromatic carbocycles. The Balaban J connectivity index is 1.48. The highest BCUT2D eigenvalue weighted by molar-refractivity contribution is 7.90. The van der Waals surface area contributed by atoms with Gasteiger partial charge in [0.15, 0.2) is 5.78 Å². The van der Waals surface area contributed by atoms with Crippen LogP contribution < -0.4 is 4.72 Å². The number of carbonyl (C=O) groups excluding carboxylic acids is 2. The molecule has 38 heavy (non-hydrogen) atoms. The summed E-state index contributed by atoms with van der Waals surface area (Å²) in [6.07, 6.45) is 4.23. The molecule has 2 aliphatic rings. The third-order valence-electron chi connectivity index (χ3n) is 9.06. The Bertz CT molecular complexity index is 1360. The molecule has 0 bridgehead atoms. The Morgan fingerprint density at radius 2 is 1.47 bits per heavy atom. The van der Waals surface area contributed by atoms with Gasteiger partial charge in [0.05, 0.1) is 9.82 Å². The fraction of sp³-hybridized carbons (Fsp3) is 0.517. The molecule has 9 heteroatoms. The standard InChI is InChI=1S/C29H36N2O6S/c1-18-15-24-25(29(4,5)14-13-28(24,2)3)17-23(18)26(32)19-9-11-20(12-10-19)27(33)30-38(36,37)22-8-6-7-21(16-22)31(34)35/h6-12,16,18,23-25H,13-15,17H2,1-5H3,(H,30,33). The number of nitro benzene ring substituents is 1. The van der Waals surface area contributed by atoms with Crippen molar-refractivity contribution in [2.75, 3.05) is 0 Å². The summed E-state index contributed by atoms with van der Waals surface area (Å²) < 4.78 is 27.2. The number of benzene rings is 2. The van der Waals surface area contributed by atoms with Crippen molar-refractivity contribution in [1.82, 2.24) is 4.72 Å². The molecule has 1 amide bonds. The van der Waals surface area contributed by atoms with Crippen LogP contribution in [0.25, 0.3) is 0 Å². The Morgan fingerprint density at radius 3 is 2.05 bits per heavy atom. The monoisotopic (exact) mass is 540 g/mol. The van der Waals surface area contributed by atoms with Gasteiger partial charge in [-0.3, -0.25) is 19.7 Å². The fourth-order valence-corrected chi connectivity index (χ4v) is 7.52. The summed E-state index contributed by atoms with van der Waals surface area (Å²) in [5.41, 5.74) is 0.633. The highest BCUT2D eigenvalue weighted by Crippen LogP contribution is 2.59. The number of sulfonamides is 1. The lowest BCUT2D eigenvalue weighted by atomic mass is 9.48. The maximum absolute atomic E-state index is 13.6. The lowest BCUT2D eigenvalue weighted by Gasteiger charge is -2.57. The van der Waals surface area contributed by atoms with E-state index in [1.807, 2.05) is 4.72 Å². The van der Waals surface area contributed by atoms with Crippen LogP contribution in [0.4, 0.5) is 5.69 Å². The summed E-state index contributed by atoms with van der Waals surface area (Å²) in [6.45, 7) is 11.5. The Hall–Kier alpha value is -3.07. The van der Waals surface area contributed by atoms with Gasteiger partial charge in [-0.05, 0) is 72.5 Å². The van der Waals surface area contributed by atoms with E-state index in [-0.39, 0.29) is 38.9 Å². The van der Waals surface area contributed by atoms with Crippen LogP contribution in [-0.4, -0.2) is 25.0 Å². The molecule has 0 heterocycles. The van der Waals surface area contributed by atoms with Crippen LogP contribution >= 0.6 is 0 Å². The number of amides is 1. The molecular weight excluding hydrogens is 504 g/mol. The molecule has 4 rings (SSSR count). The Kier molecular flexibility index (Phi) is 7.29. The van der Waals surface area contributed by atoms with Crippen LogP contribution in [0.2, 0.25) is 0 Å². The molecule has 2 aliphatic carbocycles. The van der Waals surface area contributed by atoms with Crippen molar-refractivity contribution in [1.29, 1.82) is 0 Å². The van der Waals surface area contributed by atoms with E-state index >= 15 is 0 Å². The van der Waals surface area contributed by atoms with Crippen molar-refractivity contribution in [3.8, 4) is 0 Å².